The molecule has 0 aliphatic heterocycles. The monoisotopic (exact) mass is 255 g/mol. The first kappa shape index (κ1) is 11.6. The van der Waals surface area contributed by atoms with Gasteiger partial charge in [0.25, 0.3) is 5.78 Å². The summed E-state index contributed by atoms with van der Waals surface area (Å²) < 4.78 is 1.65. The van der Waals surface area contributed by atoms with Crippen molar-refractivity contribution in [2.24, 2.45) is 0 Å². The minimum atomic E-state index is 0.267. The molecule has 0 aromatic carbocycles. The van der Waals surface area contributed by atoms with E-state index in [-0.39, 0.29) is 5.92 Å². The standard InChI is InChI=1S/C12H13N7/c1-7(2)11-13-5-4-9(16-11)10-8(3)19-12(18-17-10)14-6-15-19/h4-7H,1-3H3. The van der Waals surface area contributed by atoms with E-state index in [0.717, 1.165) is 17.2 Å². The third-order valence-electron chi connectivity index (χ3n) is 2.86. The van der Waals surface area contributed by atoms with Gasteiger partial charge in [-0.25, -0.2) is 9.97 Å². The number of hydrogen-bond donors (Lipinski definition) is 0. The maximum atomic E-state index is 4.52. The molecule has 0 aliphatic rings. The second kappa shape index (κ2) is 4.34. The first-order valence-electron chi connectivity index (χ1n) is 6.03. The number of nitrogens with zero attached hydrogens (tertiary/aromatic N) is 7. The van der Waals surface area contributed by atoms with E-state index in [0.29, 0.717) is 11.5 Å². The topological polar surface area (TPSA) is 81.8 Å². The van der Waals surface area contributed by atoms with Gasteiger partial charge in [-0.3, -0.25) is 0 Å². The molecule has 0 N–H and O–H groups in total. The molecule has 3 aromatic heterocycles. The summed E-state index contributed by atoms with van der Waals surface area (Å²) in [5.74, 6) is 1.54. The van der Waals surface area contributed by atoms with Gasteiger partial charge in [0.1, 0.15) is 17.8 Å². The van der Waals surface area contributed by atoms with Crippen molar-refractivity contribution < 1.29 is 0 Å². The van der Waals surface area contributed by atoms with Gasteiger partial charge < -0.3 is 0 Å². The minimum absolute atomic E-state index is 0.267. The third-order valence-corrected chi connectivity index (χ3v) is 2.86. The van der Waals surface area contributed by atoms with Crippen LogP contribution in [0, 0.1) is 6.92 Å². The predicted molar refractivity (Wildman–Crippen MR) is 68.4 cm³/mol. The van der Waals surface area contributed by atoms with Gasteiger partial charge in [-0.1, -0.05) is 13.8 Å². The highest BCUT2D eigenvalue weighted by molar-refractivity contribution is 5.56. The van der Waals surface area contributed by atoms with Gasteiger partial charge in [0.05, 0.1) is 11.4 Å². The zero-order valence-corrected chi connectivity index (χ0v) is 10.9. The Morgan fingerprint density at radius 3 is 2.79 bits per heavy atom. The van der Waals surface area contributed by atoms with Gasteiger partial charge in [-0.15, -0.1) is 10.2 Å². The van der Waals surface area contributed by atoms with Crippen LogP contribution in [0.5, 0.6) is 0 Å². The van der Waals surface area contributed by atoms with Crippen molar-refractivity contribution in [1.82, 2.24) is 34.8 Å². The Balaban J connectivity index is 2.18. The van der Waals surface area contributed by atoms with E-state index in [9.17, 15) is 0 Å². The molecular weight excluding hydrogens is 242 g/mol. The van der Waals surface area contributed by atoms with Crippen LogP contribution in [0.2, 0.25) is 0 Å². The molecule has 0 fully saturated rings. The summed E-state index contributed by atoms with van der Waals surface area (Å²) >= 11 is 0. The zero-order valence-electron chi connectivity index (χ0n) is 10.9. The van der Waals surface area contributed by atoms with Gasteiger partial charge in [0.15, 0.2) is 0 Å². The molecule has 0 saturated carbocycles. The van der Waals surface area contributed by atoms with Crippen molar-refractivity contribution in [2.45, 2.75) is 26.7 Å². The number of hydrogen-bond acceptors (Lipinski definition) is 6. The molecule has 3 rings (SSSR count). The van der Waals surface area contributed by atoms with Crippen LogP contribution >= 0.6 is 0 Å². The fourth-order valence-corrected chi connectivity index (χ4v) is 1.83. The van der Waals surface area contributed by atoms with Crippen LogP contribution in [0.25, 0.3) is 17.2 Å². The largest absolute Gasteiger partial charge is 0.271 e. The summed E-state index contributed by atoms with van der Waals surface area (Å²) in [4.78, 5) is 12.8. The molecule has 7 heteroatoms. The van der Waals surface area contributed by atoms with Gasteiger partial charge in [0, 0.05) is 12.1 Å². The Bertz CT molecular complexity index is 732. The Labute approximate surface area is 109 Å². The lowest BCUT2D eigenvalue weighted by atomic mass is 10.2. The summed E-state index contributed by atoms with van der Waals surface area (Å²) in [5, 5.41) is 12.3. The summed E-state index contributed by atoms with van der Waals surface area (Å²) in [6.07, 6.45) is 3.20. The van der Waals surface area contributed by atoms with Gasteiger partial charge >= 0.3 is 0 Å². The van der Waals surface area contributed by atoms with E-state index in [1.54, 1.807) is 10.7 Å². The smallest absolute Gasteiger partial charge is 0.241 e. The van der Waals surface area contributed by atoms with Crippen molar-refractivity contribution in [3.63, 3.8) is 0 Å². The van der Waals surface area contributed by atoms with Crippen molar-refractivity contribution in [3.8, 4) is 11.4 Å². The van der Waals surface area contributed by atoms with Gasteiger partial charge in [0.2, 0.25) is 0 Å². The average Bonchev–Trinajstić information content (AvgIpc) is 2.88. The molecule has 96 valence electrons. The van der Waals surface area contributed by atoms with E-state index in [1.807, 2.05) is 13.0 Å². The summed E-state index contributed by atoms with van der Waals surface area (Å²) in [5.41, 5.74) is 2.30. The minimum Gasteiger partial charge on any atom is -0.241 e. The van der Waals surface area contributed by atoms with E-state index in [2.05, 4.69) is 44.1 Å². The molecule has 3 heterocycles. The predicted octanol–water partition coefficient (Wildman–Crippen LogP) is 1.41. The number of fused-ring (bicyclic) bond motifs is 1. The van der Waals surface area contributed by atoms with E-state index in [1.165, 1.54) is 6.33 Å². The molecule has 3 aromatic rings. The molecule has 0 aliphatic carbocycles. The highest BCUT2D eigenvalue weighted by Gasteiger charge is 2.13. The van der Waals surface area contributed by atoms with Gasteiger partial charge in [-0.05, 0) is 13.0 Å². The molecule has 19 heavy (non-hydrogen) atoms. The first-order chi connectivity index (χ1) is 9.16. The summed E-state index contributed by atoms with van der Waals surface area (Å²) in [7, 11) is 0. The van der Waals surface area contributed by atoms with Crippen molar-refractivity contribution in [1.29, 1.82) is 0 Å². The maximum Gasteiger partial charge on any atom is 0.271 e. The van der Waals surface area contributed by atoms with Crippen LogP contribution in [0.3, 0.4) is 0 Å². The van der Waals surface area contributed by atoms with Crippen LogP contribution in [-0.2, 0) is 0 Å². The molecule has 0 bridgehead atoms. The highest BCUT2D eigenvalue weighted by Crippen LogP contribution is 2.19. The fourth-order valence-electron chi connectivity index (χ4n) is 1.83. The molecule has 0 spiro atoms. The molecule has 0 radical (unpaired) electrons. The van der Waals surface area contributed by atoms with Crippen LogP contribution in [0.15, 0.2) is 18.6 Å². The molecule has 0 amide bonds. The second-order valence-corrected chi connectivity index (χ2v) is 4.56. The summed E-state index contributed by atoms with van der Waals surface area (Å²) in [6, 6.07) is 1.83. The molecular formula is C12H13N7. The SMILES string of the molecule is Cc1c(-c2ccnc(C(C)C)n2)nnc2ncnn12. The van der Waals surface area contributed by atoms with Crippen LogP contribution < -0.4 is 0 Å². The van der Waals surface area contributed by atoms with Crippen molar-refractivity contribution >= 4 is 5.78 Å². The van der Waals surface area contributed by atoms with Crippen molar-refractivity contribution in [3.05, 3.63) is 30.1 Å². The first-order valence-corrected chi connectivity index (χ1v) is 6.03. The normalized spacial score (nSPS) is 11.4. The number of rotatable bonds is 2. The second-order valence-electron chi connectivity index (χ2n) is 4.56. The van der Waals surface area contributed by atoms with Crippen LogP contribution in [-0.4, -0.2) is 34.8 Å². The zero-order chi connectivity index (χ0) is 13.4. The Morgan fingerprint density at radius 2 is 2.00 bits per heavy atom. The molecule has 0 atom stereocenters. The Hall–Kier alpha value is -2.44. The number of aromatic nitrogens is 7. The van der Waals surface area contributed by atoms with Crippen LogP contribution in [0.4, 0.5) is 0 Å². The van der Waals surface area contributed by atoms with Gasteiger partial charge in [-0.2, -0.15) is 14.6 Å². The van der Waals surface area contributed by atoms with E-state index >= 15 is 0 Å². The third kappa shape index (κ3) is 1.92. The fraction of sp³-hybridized carbons (Fsp3) is 0.333. The molecule has 0 saturated heterocycles. The number of aryl methyl sites for hydroxylation is 1. The van der Waals surface area contributed by atoms with E-state index < -0.39 is 0 Å². The lowest BCUT2D eigenvalue weighted by Gasteiger charge is -2.07. The summed E-state index contributed by atoms with van der Waals surface area (Å²) in [6.45, 7) is 6.03. The van der Waals surface area contributed by atoms with Crippen molar-refractivity contribution in [2.75, 3.05) is 0 Å². The van der Waals surface area contributed by atoms with Crippen LogP contribution in [0.1, 0.15) is 31.3 Å². The molecule has 0 unspecified atom stereocenters. The quantitative estimate of drug-likeness (QED) is 0.688. The van der Waals surface area contributed by atoms with E-state index in [4.69, 9.17) is 0 Å². The Morgan fingerprint density at radius 1 is 1.16 bits per heavy atom. The molecule has 7 nitrogen and oxygen atoms in total. The Kier molecular flexibility index (Phi) is 2.66. The lowest BCUT2D eigenvalue weighted by Crippen LogP contribution is -2.05. The maximum absolute atomic E-state index is 4.52. The lowest BCUT2D eigenvalue weighted by molar-refractivity contribution is 0.772. The average molecular weight is 255 g/mol. The highest BCUT2D eigenvalue weighted by atomic mass is 15.4.